The lowest BCUT2D eigenvalue weighted by Crippen LogP contribution is -2.46. The summed E-state index contributed by atoms with van der Waals surface area (Å²) in [6.45, 7) is 4.79. The van der Waals surface area contributed by atoms with Crippen LogP contribution in [0.2, 0.25) is 5.02 Å². The van der Waals surface area contributed by atoms with Crippen molar-refractivity contribution in [2.45, 2.75) is 51.3 Å². The van der Waals surface area contributed by atoms with E-state index in [2.05, 4.69) is 10.6 Å². The molecule has 2 aromatic carbocycles. The van der Waals surface area contributed by atoms with E-state index >= 15 is 0 Å². The van der Waals surface area contributed by atoms with Crippen LogP contribution in [0.15, 0.2) is 58.3 Å². The minimum Gasteiger partial charge on any atom is -0.481 e. The number of likely N-dealkylation sites (tertiary alicyclic amines) is 1. The van der Waals surface area contributed by atoms with Crippen LogP contribution in [0.3, 0.4) is 0 Å². The molecule has 12 nitrogen and oxygen atoms in total. The fourth-order valence-electron chi connectivity index (χ4n) is 6.88. The Labute approximate surface area is 288 Å². The van der Waals surface area contributed by atoms with Crippen LogP contribution in [0.1, 0.15) is 52.9 Å². The molecule has 2 atom stereocenters. The average Bonchev–Trinajstić information content (AvgIpc) is 3.40. The molecule has 49 heavy (non-hydrogen) atoms. The molecule has 13 heteroatoms. The first-order valence-corrected chi connectivity index (χ1v) is 16.5. The highest BCUT2D eigenvalue weighted by Crippen LogP contribution is 2.43. The van der Waals surface area contributed by atoms with Crippen LogP contribution in [-0.2, 0) is 25.3 Å². The minimum absolute atomic E-state index is 0.0757. The molecule has 2 unspecified atom stereocenters. The van der Waals surface area contributed by atoms with Gasteiger partial charge in [-0.25, -0.2) is 9.78 Å². The van der Waals surface area contributed by atoms with Crippen molar-refractivity contribution in [3.8, 4) is 28.3 Å². The number of anilines is 1. The van der Waals surface area contributed by atoms with Crippen molar-refractivity contribution in [1.29, 1.82) is 0 Å². The number of carbonyl (C=O) groups is 2. The highest BCUT2D eigenvalue weighted by Gasteiger charge is 2.37. The zero-order chi connectivity index (χ0) is 35.1. The number of hydrogen-bond acceptors (Lipinski definition) is 8. The summed E-state index contributed by atoms with van der Waals surface area (Å²) >= 11 is 7.11. The number of nitrogens with zero attached hydrogens (tertiary/aromatic N) is 4. The molecule has 4 aromatic rings. The number of amides is 2. The van der Waals surface area contributed by atoms with Crippen LogP contribution >= 0.6 is 11.6 Å². The predicted molar refractivity (Wildman–Crippen MR) is 187 cm³/mol. The molecule has 0 radical (unpaired) electrons. The molecule has 256 valence electrons. The van der Waals surface area contributed by atoms with E-state index in [1.165, 1.54) is 24.9 Å². The number of piperidine rings is 1. The number of hydrogen-bond donors (Lipinski definition) is 3. The lowest BCUT2D eigenvalue weighted by atomic mass is 9.96. The van der Waals surface area contributed by atoms with Gasteiger partial charge < -0.3 is 29.9 Å². The fourth-order valence-corrected chi connectivity index (χ4v) is 7.20. The van der Waals surface area contributed by atoms with E-state index in [4.69, 9.17) is 21.3 Å². The SMILES string of the molecule is COc1nc(-c2cccc(-c3cccc(NC(=O)c4cn(C)c(=O)n(C)c4=O)c3C)c2Cl)cc2c1C(NC1CCN(C(C)=O)CC1)C(O)C2. The van der Waals surface area contributed by atoms with Gasteiger partial charge in [0.25, 0.3) is 11.5 Å². The van der Waals surface area contributed by atoms with E-state index in [-0.39, 0.29) is 23.6 Å². The maximum Gasteiger partial charge on any atom is 0.330 e. The second kappa shape index (κ2) is 13.6. The lowest BCUT2D eigenvalue weighted by molar-refractivity contribution is -0.129. The molecule has 3 heterocycles. The topological polar surface area (TPSA) is 148 Å². The van der Waals surface area contributed by atoms with E-state index < -0.39 is 23.3 Å². The Balaban J connectivity index is 1.29. The Hall–Kier alpha value is -4.78. The molecule has 0 saturated carbocycles. The van der Waals surface area contributed by atoms with Gasteiger partial charge in [-0.05, 0) is 48.6 Å². The highest BCUT2D eigenvalue weighted by atomic mass is 35.5. The van der Waals surface area contributed by atoms with Gasteiger partial charge in [-0.15, -0.1) is 0 Å². The van der Waals surface area contributed by atoms with Crippen molar-refractivity contribution in [2.24, 2.45) is 14.1 Å². The van der Waals surface area contributed by atoms with Crippen LogP contribution in [0.25, 0.3) is 22.4 Å². The molecule has 0 spiro atoms. The number of ether oxygens (including phenoxy) is 1. The third-order valence-electron chi connectivity index (χ3n) is 9.62. The second-order valence-electron chi connectivity index (χ2n) is 12.7. The molecule has 0 bridgehead atoms. The molecule has 3 N–H and O–H groups in total. The summed E-state index contributed by atoms with van der Waals surface area (Å²) in [6, 6.07) is 12.8. The largest absolute Gasteiger partial charge is 0.481 e. The molecular weight excluding hydrogens is 648 g/mol. The summed E-state index contributed by atoms with van der Waals surface area (Å²) in [5.74, 6) is -0.149. The first-order valence-electron chi connectivity index (χ1n) is 16.1. The summed E-state index contributed by atoms with van der Waals surface area (Å²) in [4.78, 5) is 56.4. The number of halogens is 1. The number of aliphatic hydroxyl groups excluding tert-OH is 1. The third-order valence-corrected chi connectivity index (χ3v) is 10.0. The molecule has 2 amide bonds. The molecule has 2 aromatic heterocycles. The van der Waals surface area contributed by atoms with Gasteiger partial charge in [0.2, 0.25) is 11.8 Å². The number of nitrogens with one attached hydrogen (secondary N) is 2. The second-order valence-corrected chi connectivity index (χ2v) is 13.1. The molecule has 1 aliphatic carbocycles. The number of aryl methyl sites for hydroxylation is 1. The Morgan fingerprint density at radius 1 is 1.04 bits per heavy atom. The molecule has 6 rings (SSSR count). The Morgan fingerprint density at radius 2 is 1.71 bits per heavy atom. The lowest BCUT2D eigenvalue weighted by Gasteiger charge is -2.34. The van der Waals surface area contributed by atoms with Crippen molar-refractivity contribution >= 4 is 29.1 Å². The van der Waals surface area contributed by atoms with Crippen LogP contribution in [0.4, 0.5) is 5.69 Å². The van der Waals surface area contributed by atoms with E-state index in [9.17, 15) is 24.3 Å². The number of methoxy groups -OCH3 is 1. The van der Waals surface area contributed by atoms with Crippen molar-refractivity contribution < 1.29 is 19.4 Å². The number of carbonyl (C=O) groups excluding carboxylic acids is 2. The number of fused-ring (bicyclic) bond motifs is 1. The van der Waals surface area contributed by atoms with Gasteiger partial charge in [0.1, 0.15) is 5.56 Å². The quantitative estimate of drug-likeness (QED) is 0.267. The zero-order valence-electron chi connectivity index (χ0n) is 28.0. The summed E-state index contributed by atoms with van der Waals surface area (Å²) in [5, 5.41) is 18.0. The van der Waals surface area contributed by atoms with Crippen LogP contribution in [-0.4, -0.2) is 68.3 Å². The third kappa shape index (κ3) is 6.39. The Bertz CT molecular complexity index is 2080. The van der Waals surface area contributed by atoms with Gasteiger partial charge in [0.05, 0.1) is 30.0 Å². The average molecular weight is 687 g/mol. The van der Waals surface area contributed by atoms with Crippen molar-refractivity contribution in [3.05, 3.63) is 96.8 Å². The predicted octanol–water partition coefficient (Wildman–Crippen LogP) is 3.59. The highest BCUT2D eigenvalue weighted by molar-refractivity contribution is 6.36. The monoisotopic (exact) mass is 686 g/mol. The normalized spacial score (nSPS) is 17.6. The maximum atomic E-state index is 13.2. The molecule has 1 fully saturated rings. The van der Waals surface area contributed by atoms with Gasteiger partial charge in [-0.2, -0.15) is 0 Å². The van der Waals surface area contributed by atoms with Crippen molar-refractivity contribution in [1.82, 2.24) is 24.3 Å². The number of aromatic nitrogens is 3. The first-order chi connectivity index (χ1) is 23.4. The summed E-state index contributed by atoms with van der Waals surface area (Å²) in [5.41, 5.74) is 4.32. The maximum absolute atomic E-state index is 13.2. The van der Waals surface area contributed by atoms with Crippen molar-refractivity contribution in [3.63, 3.8) is 0 Å². The zero-order valence-corrected chi connectivity index (χ0v) is 28.8. The van der Waals surface area contributed by atoms with E-state index in [1.807, 2.05) is 42.2 Å². The van der Waals surface area contributed by atoms with Gasteiger partial charge in [0, 0.05) is 75.1 Å². The number of aliphatic hydroxyl groups is 1. The minimum atomic E-state index is -0.688. The van der Waals surface area contributed by atoms with Crippen molar-refractivity contribution in [2.75, 3.05) is 25.5 Å². The Kier molecular flexibility index (Phi) is 9.47. The number of benzene rings is 2. The van der Waals surface area contributed by atoms with Gasteiger partial charge in [-0.3, -0.25) is 19.0 Å². The summed E-state index contributed by atoms with van der Waals surface area (Å²) in [6.07, 6.45) is 2.57. The van der Waals surface area contributed by atoms with E-state index in [0.717, 1.165) is 39.7 Å². The van der Waals surface area contributed by atoms with Crippen LogP contribution in [0.5, 0.6) is 5.88 Å². The standard InChI is InChI=1S/C36H39ClN6O6/c1-19-23(8-7-11-27(19)39-33(46)26-18-41(3)36(48)42(4)35(26)47)24-9-6-10-25(31(24)37)28-16-21-17-29(45)32(30(21)34(40-28)49-5)38-22-12-14-43(15-13-22)20(2)44/h6-11,16,18,22,29,32,38,45H,12-15,17H2,1-5H3,(H,39,46). The molecular formula is C36H39ClN6O6. The molecule has 2 aliphatic rings. The smallest absolute Gasteiger partial charge is 0.330 e. The van der Waals surface area contributed by atoms with Crippen LogP contribution in [0, 0.1) is 6.92 Å². The van der Waals surface area contributed by atoms with E-state index in [0.29, 0.717) is 52.9 Å². The molecule has 1 aliphatic heterocycles. The fraction of sp³-hybridized carbons (Fsp3) is 0.361. The van der Waals surface area contributed by atoms with Gasteiger partial charge in [0.15, 0.2) is 0 Å². The summed E-state index contributed by atoms with van der Waals surface area (Å²) in [7, 11) is 4.36. The number of rotatable bonds is 7. The molecule has 1 saturated heterocycles. The first kappa shape index (κ1) is 34.1. The van der Waals surface area contributed by atoms with Gasteiger partial charge >= 0.3 is 5.69 Å². The summed E-state index contributed by atoms with van der Waals surface area (Å²) < 4.78 is 7.87. The van der Waals surface area contributed by atoms with E-state index in [1.54, 1.807) is 26.2 Å². The van der Waals surface area contributed by atoms with Gasteiger partial charge in [-0.1, -0.05) is 41.9 Å². The van der Waals surface area contributed by atoms with Crippen LogP contribution < -0.4 is 26.6 Å². The number of pyridine rings is 1. The Morgan fingerprint density at radius 3 is 2.41 bits per heavy atom.